The van der Waals surface area contributed by atoms with Crippen molar-refractivity contribution in [3.63, 3.8) is 0 Å². The molecule has 3 heterocycles. The van der Waals surface area contributed by atoms with E-state index in [0.717, 1.165) is 40.4 Å². The highest BCUT2D eigenvalue weighted by Crippen LogP contribution is 2.30. The van der Waals surface area contributed by atoms with Gasteiger partial charge in [-0.05, 0) is 42.3 Å². The van der Waals surface area contributed by atoms with E-state index in [4.69, 9.17) is 0 Å². The maximum atomic E-state index is 15.1. The molecular weight excluding hydrogens is 456 g/mol. The number of rotatable bonds is 7. The molecule has 2 aromatic carbocycles. The third kappa shape index (κ3) is 3.99. The summed E-state index contributed by atoms with van der Waals surface area (Å²) in [6.45, 7) is 2.00. The minimum absolute atomic E-state index is 0.0686. The molecule has 5 aromatic rings. The molecule has 3 aromatic heterocycles. The van der Waals surface area contributed by atoms with Crippen LogP contribution in [0.25, 0.3) is 33.2 Å². The van der Waals surface area contributed by atoms with Gasteiger partial charge in [-0.3, -0.25) is 14.8 Å². The average molecular weight is 476 g/mol. The van der Waals surface area contributed by atoms with Gasteiger partial charge in [-0.1, -0.05) is 24.9 Å². The van der Waals surface area contributed by atoms with Gasteiger partial charge < -0.3 is 9.71 Å². The molecule has 170 valence electrons. The van der Waals surface area contributed by atoms with E-state index in [2.05, 4.69) is 24.7 Å². The number of hydrogen-bond acceptors (Lipinski definition) is 6. The van der Waals surface area contributed by atoms with Crippen molar-refractivity contribution in [1.82, 2.24) is 19.9 Å². The summed E-state index contributed by atoms with van der Waals surface area (Å²) >= 11 is 1.30. The summed E-state index contributed by atoms with van der Waals surface area (Å²) in [5, 5.41) is 0.472. The first-order valence-corrected chi connectivity index (χ1v) is 11.6. The van der Waals surface area contributed by atoms with E-state index in [1.54, 1.807) is 24.7 Å². The number of aromatic amines is 1. The molecule has 0 bridgehead atoms. The van der Waals surface area contributed by atoms with E-state index in [1.165, 1.54) is 24.2 Å². The van der Waals surface area contributed by atoms with Crippen LogP contribution in [0.5, 0.6) is 0 Å². The van der Waals surface area contributed by atoms with Crippen molar-refractivity contribution >= 4 is 45.5 Å². The third-order valence-corrected chi connectivity index (χ3v) is 6.36. The maximum Gasteiger partial charge on any atom is 0.201 e. The van der Waals surface area contributed by atoms with Crippen LogP contribution in [0.1, 0.15) is 29.3 Å². The first kappa shape index (κ1) is 22.0. The van der Waals surface area contributed by atoms with E-state index in [1.807, 2.05) is 25.1 Å². The first-order valence-electron chi connectivity index (χ1n) is 10.7. The topological polar surface area (TPSA) is 83.6 Å². The smallest absolute Gasteiger partial charge is 0.201 e. The van der Waals surface area contributed by atoms with Crippen LogP contribution in [-0.2, 0) is 0 Å². The molecule has 0 saturated heterocycles. The predicted octanol–water partition coefficient (Wildman–Crippen LogP) is 6.15. The number of pyridine rings is 1. The summed E-state index contributed by atoms with van der Waals surface area (Å²) in [6, 6.07) is 9.78. The molecule has 9 heteroatoms. The van der Waals surface area contributed by atoms with E-state index in [9.17, 15) is 9.18 Å². The molecule has 34 heavy (non-hydrogen) atoms. The molecule has 0 amide bonds. The van der Waals surface area contributed by atoms with Crippen molar-refractivity contribution in [2.75, 3.05) is 10.5 Å². The largest absolute Gasteiger partial charge is 0.345 e. The summed E-state index contributed by atoms with van der Waals surface area (Å²) in [5.74, 6) is -1.84. The van der Waals surface area contributed by atoms with Gasteiger partial charge in [0.05, 0.1) is 22.3 Å². The van der Waals surface area contributed by atoms with Crippen molar-refractivity contribution in [2.24, 2.45) is 0 Å². The number of H-pyrrole nitrogens is 1. The molecule has 0 aliphatic carbocycles. The molecule has 2 N–H and O–H groups in total. The van der Waals surface area contributed by atoms with Crippen LogP contribution in [0.15, 0.2) is 61.2 Å². The minimum Gasteiger partial charge on any atom is -0.345 e. The number of carbonyl (C=O) groups excluding carboxylic acids is 1. The van der Waals surface area contributed by atoms with Crippen LogP contribution in [-0.4, -0.2) is 31.5 Å². The average Bonchev–Trinajstić information content (AvgIpc) is 3.28. The number of ketones is 1. The van der Waals surface area contributed by atoms with E-state index in [-0.39, 0.29) is 11.3 Å². The molecule has 0 aliphatic heterocycles. The normalized spacial score (nSPS) is 11.3. The standard InChI is InChI=1S/C25H19F2N5OS/c1-2-9-34-32-20-6-4-18(26)22(23(20)27)24(33)17-13-31-25-16(17)10-15(12-30-25)14-3-5-19-21(11-14)29-8-7-28-19/h3-8,10-13,32H,2,9H2,1H3,(H,30,31). The van der Waals surface area contributed by atoms with Crippen molar-refractivity contribution in [1.29, 1.82) is 0 Å². The second-order valence-corrected chi connectivity index (χ2v) is 8.55. The summed E-state index contributed by atoms with van der Waals surface area (Å²) in [6.07, 6.45) is 7.23. The lowest BCUT2D eigenvalue weighted by Crippen LogP contribution is -2.09. The van der Waals surface area contributed by atoms with Crippen molar-refractivity contribution < 1.29 is 13.6 Å². The molecule has 0 atom stereocenters. The number of hydrogen-bond donors (Lipinski definition) is 2. The monoisotopic (exact) mass is 475 g/mol. The zero-order valence-corrected chi connectivity index (χ0v) is 18.9. The molecule has 0 aliphatic rings. The molecule has 0 radical (unpaired) electrons. The predicted molar refractivity (Wildman–Crippen MR) is 131 cm³/mol. The van der Waals surface area contributed by atoms with Gasteiger partial charge in [0.2, 0.25) is 5.78 Å². The lowest BCUT2D eigenvalue weighted by Gasteiger charge is -2.10. The van der Waals surface area contributed by atoms with Crippen LogP contribution in [0.2, 0.25) is 0 Å². The zero-order valence-electron chi connectivity index (χ0n) is 18.1. The van der Waals surface area contributed by atoms with Crippen LogP contribution in [0.4, 0.5) is 14.5 Å². The number of aromatic nitrogens is 4. The van der Waals surface area contributed by atoms with E-state index >= 15 is 4.39 Å². The van der Waals surface area contributed by atoms with Crippen molar-refractivity contribution in [3.8, 4) is 11.1 Å². The van der Waals surface area contributed by atoms with Gasteiger partial charge in [0, 0.05) is 47.1 Å². The summed E-state index contributed by atoms with van der Waals surface area (Å²) in [4.78, 5) is 29.2. The van der Waals surface area contributed by atoms with E-state index < -0.39 is 23.0 Å². The van der Waals surface area contributed by atoms with Gasteiger partial charge in [0.1, 0.15) is 11.5 Å². The minimum atomic E-state index is -0.917. The summed E-state index contributed by atoms with van der Waals surface area (Å²) < 4.78 is 32.6. The number of nitrogens with one attached hydrogen (secondary N) is 2. The number of fused-ring (bicyclic) bond motifs is 2. The fourth-order valence-corrected chi connectivity index (χ4v) is 4.32. The first-order chi connectivity index (χ1) is 16.6. The van der Waals surface area contributed by atoms with Gasteiger partial charge in [0.25, 0.3) is 0 Å². The molecule has 0 unspecified atom stereocenters. The number of benzene rings is 2. The third-order valence-electron chi connectivity index (χ3n) is 5.38. The Bertz CT molecular complexity index is 1540. The quantitative estimate of drug-likeness (QED) is 0.167. The van der Waals surface area contributed by atoms with Gasteiger partial charge in [0.15, 0.2) is 5.82 Å². The van der Waals surface area contributed by atoms with Gasteiger partial charge in [-0.25, -0.2) is 13.8 Å². The second-order valence-electron chi connectivity index (χ2n) is 7.65. The maximum absolute atomic E-state index is 15.1. The summed E-state index contributed by atoms with van der Waals surface area (Å²) in [5.41, 5.74) is 3.10. The molecule has 0 spiro atoms. The SMILES string of the molecule is CCCSNc1ccc(F)c(C(=O)c2c[nH]c3ncc(-c4ccc5nccnc5c4)cc23)c1F. The molecule has 0 fully saturated rings. The van der Waals surface area contributed by atoms with E-state index in [0.29, 0.717) is 11.0 Å². The van der Waals surface area contributed by atoms with Crippen LogP contribution in [0.3, 0.4) is 0 Å². The van der Waals surface area contributed by atoms with Crippen LogP contribution in [0, 0.1) is 11.6 Å². The Morgan fingerprint density at radius 3 is 2.68 bits per heavy atom. The van der Waals surface area contributed by atoms with Gasteiger partial charge >= 0.3 is 0 Å². The number of nitrogens with zero attached hydrogens (tertiary/aromatic N) is 3. The van der Waals surface area contributed by atoms with Crippen molar-refractivity contribution in [2.45, 2.75) is 13.3 Å². The van der Waals surface area contributed by atoms with Crippen LogP contribution < -0.4 is 4.72 Å². The Hall–Kier alpha value is -3.85. The Balaban J connectivity index is 1.55. The number of halogens is 2. The Labute approximate surface area is 198 Å². The Morgan fingerprint density at radius 1 is 1.03 bits per heavy atom. The lowest BCUT2D eigenvalue weighted by atomic mass is 9.99. The fourth-order valence-electron chi connectivity index (χ4n) is 3.70. The second kappa shape index (κ2) is 9.18. The van der Waals surface area contributed by atoms with Gasteiger partial charge in [-0.15, -0.1) is 0 Å². The molecular formula is C25H19F2N5OS. The lowest BCUT2D eigenvalue weighted by molar-refractivity contribution is 0.103. The number of anilines is 1. The fraction of sp³-hybridized carbons (Fsp3) is 0.120. The van der Waals surface area contributed by atoms with Crippen LogP contribution >= 0.6 is 11.9 Å². The highest BCUT2D eigenvalue weighted by atomic mass is 32.2. The molecule has 6 nitrogen and oxygen atoms in total. The van der Waals surface area contributed by atoms with Crippen molar-refractivity contribution in [3.05, 3.63) is 83.9 Å². The molecule has 0 saturated carbocycles. The summed E-state index contributed by atoms with van der Waals surface area (Å²) in [7, 11) is 0. The highest BCUT2D eigenvalue weighted by Gasteiger charge is 2.24. The molecule has 5 rings (SSSR count). The Kier molecular flexibility index (Phi) is 5.93. The zero-order chi connectivity index (χ0) is 23.7. The Morgan fingerprint density at radius 2 is 1.85 bits per heavy atom. The highest BCUT2D eigenvalue weighted by molar-refractivity contribution is 8.00. The van der Waals surface area contributed by atoms with Gasteiger partial charge in [-0.2, -0.15) is 0 Å². The number of carbonyl (C=O) groups is 1.